The second kappa shape index (κ2) is 10.1. The molecule has 1 fully saturated rings. The number of thiazole rings is 1. The minimum Gasteiger partial charge on any atom is -0.366 e. The standard InChI is InChI=1S/C27H27ClN6O2S/c28-17-5-6-19-16(13-17)14-23(30-19)25(35)31-20-3-1-2-4-21(20)32-26(36)27-33-22-9-12-34(15-24(22)37-27)18-7-10-29-11-8-18/h5-8,10-11,13-14,20-21,30H,1-4,9,12,15H2,(H,31,35)(H,32,36)/t20-,21+/m0/s1. The first-order chi connectivity index (χ1) is 18.0. The molecule has 0 bridgehead atoms. The molecular formula is C27H27ClN6O2S. The molecule has 8 nitrogen and oxygen atoms in total. The van der Waals surface area contributed by atoms with Gasteiger partial charge in [0.1, 0.15) is 5.69 Å². The largest absolute Gasteiger partial charge is 0.366 e. The Labute approximate surface area is 223 Å². The SMILES string of the molecule is O=C(N[C@H]1CCCC[C@H]1NC(=O)c1nc2c(s1)CN(c1ccncc1)CC2)c1cc2cc(Cl)ccc2[nH]1. The number of anilines is 1. The van der Waals surface area contributed by atoms with Crippen LogP contribution < -0.4 is 15.5 Å². The van der Waals surface area contributed by atoms with Crippen LogP contribution in [0.2, 0.25) is 5.02 Å². The second-order valence-corrected chi connectivity index (χ2v) is 11.1. The van der Waals surface area contributed by atoms with Crippen LogP contribution in [0.1, 0.15) is 56.5 Å². The average molecular weight is 535 g/mol. The van der Waals surface area contributed by atoms with Gasteiger partial charge in [-0.15, -0.1) is 11.3 Å². The van der Waals surface area contributed by atoms with Crippen LogP contribution in [-0.4, -0.2) is 45.4 Å². The lowest BCUT2D eigenvalue weighted by Crippen LogP contribution is -2.53. The second-order valence-electron chi connectivity index (χ2n) is 9.62. The van der Waals surface area contributed by atoms with Crippen LogP contribution in [-0.2, 0) is 13.0 Å². The van der Waals surface area contributed by atoms with E-state index >= 15 is 0 Å². The summed E-state index contributed by atoms with van der Waals surface area (Å²) in [6.07, 6.45) is 8.05. The number of pyridine rings is 1. The zero-order valence-corrected chi connectivity index (χ0v) is 21.7. The van der Waals surface area contributed by atoms with Crippen LogP contribution >= 0.6 is 22.9 Å². The number of aromatic amines is 1. The molecule has 0 radical (unpaired) electrons. The summed E-state index contributed by atoms with van der Waals surface area (Å²) in [5.74, 6) is -0.347. The lowest BCUT2D eigenvalue weighted by atomic mass is 9.90. The van der Waals surface area contributed by atoms with E-state index in [0.29, 0.717) is 15.7 Å². The zero-order chi connectivity index (χ0) is 25.4. The Kier molecular flexibility index (Phi) is 6.56. The van der Waals surface area contributed by atoms with Gasteiger partial charge in [-0.1, -0.05) is 24.4 Å². The van der Waals surface area contributed by atoms with Crippen LogP contribution in [0.5, 0.6) is 0 Å². The topological polar surface area (TPSA) is 103 Å². The van der Waals surface area contributed by atoms with Gasteiger partial charge in [-0.25, -0.2) is 4.98 Å². The van der Waals surface area contributed by atoms with Crippen molar-refractivity contribution in [2.24, 2.45) is 0 Å². The molecule has 1 aliphatic carbocycles. The van der Waals surface area contributed by atoms with Crippen molar-refractivity contribution in [1.82, 2.24) is 25.6 Å². The van der Waals surface area contributed by atoms with E-state index in [-0.39, 0.29) is 23.9 Å². The third-order valence-electron chi connectivity index (χ3n) is 7.18. The van der Waals surface area contributed by atoms with Crippen LogP contribution in [0.4, 0.5) is 5.69 Å². The number of fused-ring (bicyclic) bond motifs is 2. The molecule has 2 aliphatic rings. The molecule has 1 aliphatic heterocycles. The lowest BCUT2D eigenvalue weighted by Gasteiger charge is -2.32. The molecule has 0 spiro atoms. The van der Waals surface area contributed by atoms with E-state index in [0.717, 1.165) is 72.4 Å². The molecule has 3 aromatic heterocycles. The third-order valence-corrected chi connectivity index (χ3v) is 8.50. The minimum absolute atomic E-state index is 0.140. The van der Waals surface area contributed by atoms with Gasteiger partial charge in [-0.2, -0.15) is 0 Å². The molecule has 4 aromatic rings. The lowest BCUT2D eigenvalue weighted by molar-refractivity contribution is 0.0860. The number of aromatic nitrogens is 3. The quantitative estimate of drug-likeness (QED) is 0.344. The van der Waals surface area contributed by atoms with Gasteiger partial charge >= 0.3 is 0 Å². The fourth-order valence-electron chi connectivity index (χ4n) is 5.25. The highest BCUT2D eigenvalue weighted by molar-refractivity contribution is 7.13. The number of amides is 2. The van der Waals surface area contributed by atoms with Crippen LogP contribution in [0, 0.1) is 0 Å². The summed E-state index contributed by atoms with van der Waals surface area (Å²) in [7, 11) is 0. The van der Waals surface area contributed by atoms with Crippen LogP contribution in [0.15, 0.2) is 48.8 Å². The number of carbonyl (C=O) groups excluding carboxylic acids is 2. The van der Waals surface area contributed by atoms with Crippen LogP contribution in [0.3, 0.4) is 0 Å². The number of H-pyrrole nitrogens is 1. The van der Waals surface area contributed by atoms with Crippen molar-refractivity contribution in [3.8, 4) is 0 Å². The van der Waals surface area contributed by atoms with Gasteiger partial charge in [-0.05, 0) is 49.2 Å². The van der Waals surface area contributed by atoms with E-state index in [1.807, 2.05) is 30.3 Å². The summed E-state index contributed by atoms with van der Waals surface area (Å²) < 4.78 is 0. The fraction of sp³-hybridized carbons (Fsp3) is 0.333. The highest BCUT2D eigenvalue weighted by Crippen LogP contribution is 2.29. The van der Waals surface area contributed by atoms with Crippen molar-refractivity contribution in [3.63, 3.8) is 0 Å². The number of nitrogens with zero attached hydrogens (tertiary/aromatic N) is 3. The summed E-state index contributed by atoms with van der Waals surface area (Å²) in [4.78, 5) is 41.6. The number of nitrogens with one attached hydrogen (secondary N) is 3. The van der Waals surface area contributed by atoms with Crippen molar-refractivity contribution < 1.29 is 9.59 Å². The highest BCUT2D eigenvalue weighted by atomic mass is 35.5. The Morgan fingerprint density at radius 2 is 1.78 bits per heavy atom. The zero-order valence-electron chi connectivity index (χ0n) is 20.2. The maximum atomic E-state index is 13.2. The molecule has 4 heterocycles. The monoisotopic (exact) mass is 534 g/mol. The first-order valence-corrected chi connectivity index (χ1v) is 13.8. The number of rotatable bonds is 5. The number of benzene rings is 1. The van der Waals surface area contributed by atoms with Crippen molar-refractivity contribution >= 4 is 51.3 Å². The molecule has 10 heteroatoms. The summed E-state index contributed by atoms with van der Waals surface area (Å²) in [5.41, 5.74) is 3.48. The van der Waals surface area contributed by atoms with Gasteiger partial charge in [0.2, 0.25) is 0 Å². The Hall–Kier alpha value is -3.43. The van der Waals surface area contributed by atoms with E-state index in [1.54, 1.807) is 18.5 Å². The number of hydrogen-bond donors (Lipinski definition) is 3. The first kappa shape index (κ1) is 23.9. The van der Waals surface area contributed by atoms with Gasteiger partial charge < -0.3 is 20.5 Å². The molecule has 3 N–H and O–H groups in total. The number of hydrogen-bond acceptors (Lipinski definition) is 6. The third kappa shape index (κ3) is 5.06. The molecule has 0 unspecified atom stereocenters. The van der Waals surface area contributed by atoms with Crippen molar-refractivity contribution in [3.05, 3.63) is 75.1 Å². The predicted octanol–water partition coefficient (Wildman–Crippen LogP) is 4.71. The van der Waals surface area contributed by atoms with Crippen molar-refractivity contribution in [2.75, 3.05) is 11.4 Å². The molecule has 37 heavy (non-hydrogen) atoms. The number of carbonyl (C=O) groups is 2. The maximum absolute atomic E-state index is 13.2. The average Bonchev–Trinajstić information content (AvgIpc) is 3.54. The van der Waals surface area contributed by atoms with E-state index in [2.05, 4.69) is 30.5 Å². The van der Waals surface area contributed by atoms with Gasteiger partial charge in [0.15, 0.2) is 5.01 Å². The van der Waals surface area contributed by atoms with E-state index in [1.165, 1.54) is 11.3 Å². The van der Waals surface area contributed by atoms with Crippen molar-refractivity contribution in [2.45, 2.75) is 50.7 Å². The molecule has 190 valence electrons. The van der Waals surface area contributed by atoms with Gasteiger partial charge in [0.05, 0.1) is 12.2 Å². The Balaban J connectivity index is 1.12. The van der Waals surface area contributed by atoms with Crippen LogP contribution in [0.25, 0.3) is 10.9 Å². The maximum Gasteiger partial charge on any atom is 0.280 e. The minimum atomic E-state index is -0.181. The van der Waals surface area contributed by atoms with E-state index in [4.69, 9.17) is 11.6 Å². The highest BCUT2D eigenvalue weighted by Gasteiger charge is 2.30. The molecule has 6 rings (SSSR count). The fourth-order valence-corrected chi connectivity index (χ4v) is 6.45. The number of halogens is 1. The molecule has 1 aromatic carbocycles. The summed E-state index contributed by atoms with van der Waals surface area (Å²) >= 11 is 7.55. The van der Waals surface area contributed by atoms with Gasteiger partial charge in [0, 0.05) is 63.9 Å². The van der Waals surface area contributed by atoms with E-state index < -0.39 is 0 Å². The molecule has 1 saturated carbocycles. The summed E-state index contributed by atoms with van der Waals surface area (Å²) in [6.45, 7) is 1.60. The first-order valence-electron chi connectivity index (χ1n) is 12.6. The normalized spacial score (nSPS) is 19.4. The Morgan fingerprint density at radius 3 is 2.57 bits per heavy atom. The summed E-state index contributed by atoms with van der Waals surface area (Å²) in [5, 5.41) is 8.32. The summed E-state index contributed by atoms with van der Waals surface area (Å²) in [6, 6.07) is 11.0. The molecule has 2 atom stereocenters. The van der Waals surface area contributed by atoms with Crippen molar-refractivity contribution in [1.29, 1.82) is 0 Å². The molecule has 0 saturated heterocycles. The van der Waals surface area contributed by atoms with Gasteiger partial charge in [-0.3, -0.25) is 14.6 Å². The smallest absolute Gasteiger partial charge is 0.280 e. The molecule has 2 amide bonds. The molecular weight excluding hydrogens is 508 g/mol. The Morgan fingerprint density at radius 1 is 1.03 bits per heavy atom. The van der Waals surface area contributed by atoms with Gasteiger partial charge in [0.25, 0.3) is 11.8 Å². The van der Waals surface area contributed by atoms with E-state index in [9.17, 15) is 9.59 Å². The Bertz CT molecular complexity index is 1450. The predicted molar refractivity (Wildman–Crippen MR) is 145 cm³/mol.